The molecular formula is C31H41F7O3. The molecule has 0 bridgehead atoms. The number of rotatable bonds is 7. The van der Waals surface area contributed by atoms with E-state index in [0.29, 0.717) is 12.0 Å². The van der Waals surface area contributed by atoms with Crippen LogP contribution in [0.2, 0.25) is 0 Å². The lowest BCUT2D eigenvalue weighted by Crippen LogP contribution is -2.27. The summed E-state index contributed by atoms with van der Waals surface area (Å²) in [6.07, 6.45) is 5.80. The number of benzene rings is 2. The largest absolute Gasteiger partial charge is 0.490 e. The minimum absolute atomic E-state index is 0.144. The molecule has 41 heavy (non-hydrogen) atoms. The Morgan fingerprint density at radius 2 is 1.24 bits per heavy atom. The van der Waals surface area contributed by atoms with Crippen LogP contribution >= 0.6 is 0 Å². The van der Waals surface area contributed by atoms with E-state index in [-0.39, 0.29) is 24.7 Å². The average Bonchev–Trinajstić information content (AvgIpc) is 2.94. The van der Waals surface area contributed by atoms with Gasteiger partial charge in [-0.1, -0.05) is 40.0 Å². The van der Waals surface area contributed by atoms with Crippen LogP contribution in [0.15, 0.2) is 24.3 Å². The lowest BCUT2D eigenvalue weighted by Gasteiger charge is -2.37. The molecule has 0 heterocycles. The van der Waals surface area contributed by atoms with Gasteiger partial charge in [-0.3, -0.25) is 0 Å². The summed E-state index contributed by atoms with van der Waals surface area (Å²) >= 11 is 0. The SMILES string of the molecule is CC1CCC(C2CCC(COc3ccc(C(F)(F)Oc4cc(F)c(F)c(F)c4)c(F)c3F)CC2)CC1.CCC.CO. The van der Waals surface area contributed by atoms with Crippen molar-refractivity contribution in [1.82, 2.24) is 0 Å². The van der Waals surface area contributed by atoms with Gasteiger partial charge in [0.1, 0.15) is 11.3 Å². The van der Waals surface area contributed by atoms with Crippen molar-refractivity contribution >= 4 is 0 Å². The Morgan fingerprint density at radius 1 is 0.756 bits per heavy atom. The molecule has 0 radical (unpaired) electrons. The van der Waals surface area contributed by atoms with Gasteiger partial charge in [0.15, 0.2) is 29.0 Å². The number of aliphatic hydroxyl groups excluding tert-OH is 1. The van der Waals surface area contributed by atoms with E-state index in [0.717, 1.165) is 50.7 Å². The van der Waals surface area contributed by atoms with Gasteiger partial charge in [-0.15, -0.1) is 0 Å². The van der Waals surface area contributed by atoms with Crippen molar-refractivity contribution in [1.29, 1.82) is 0 Å². The molecule has 2 aromatic rings. The third kappa shape index (κ3) is 9.51. The molecule has 4 rings (SSSR count). The molecular weight excluding hydrogens is 553 g/mol. The summed E-state index contributed by atoms with van der Waals surface area (Å²) in [5, 5.41) is 7.00. The zero-order chi connectivity index (χ0) is 30.7. The van der Waals surface area contributed by atoms with E-state index in [1.165, 1.54) is 32.1 Å². The van der Waals surface area contributed by atoms with E-state index >= 15 is 0 Å². The zero-order valence-electron chi connectivity index (χ0n) is 24.1. The molecule has 0 aromatic heterocycles. The normalized spacial score (nSPS) is 22.5. The molecule has 0 spiro atoms. The highest BCUT2D eigenvalue weighted by atomic mass is 19.3. The summed E-state index contributed by atoms with van der Waals surface area (Å²) in [6.45, 7) is 6.69. The molecule has 2 fully saturated rings. The highest BCUT2D eigenvalue weighted by Gasteiger charge is 2.40. The van der Waals surface area contributed by atoms with E-state index in [9.17, 15) is 30.7 Å². The fraction of sp³-hybridized carbons (Fsp3) is 0.613. The predicted molar refractivity (Wildman–Crippen MR) is 143 cm³/mol. The molecule has 0 aliphatic heterocycles. The monoisotopic (exact) mass is 594 g/mol. The van der Waals surface area contributed by atoms with Crippen LogP contribution in [0.25, 0.3) is 0 Å². The first-order chi connectivity index (χ1) is 19.5. The zero-order valence-corrected chi connectivity index (χ0v) is 24.1. The Labute approximate surface area is 238 Å². The summed E-state index contributed by atoms with van der Waals surface area (Å²) < 4.78 is 107. The third-order valence-electron chi connectivity index (χ3n) is 7.66. The fourth-order valence-corrected chi connectivity index (χ4v) is 5.45. The van der Waals surface area contributed by atoms with Gasteiger partial charge < -0.3 is 14.6 Å². The van der Waals surface area contributed by atoms with Crippen molar-refractivity contribution in [3.05, 3.63) is 58.9 Å². The summed E-state index contributed by atoms with van der Waals surface area (Å²) in [4.78, 5) is 0. The maximum Gasteiger partial charge on any atom is 0.429 e. The lowest BCUT2D eigenvalue weighted by atomic mass is 9.69. The molecule has 1 N–H and O–H groups in total. The number of alkyl halides is 2. The Hall–Kier alpha value is -2.49. The second kappa shape index (κ2) is 16.2. The topological polar surface area (TPSA) is 38.7 Å². The molecule has 10 heteroatoms. The van der Waals surface area contributed by atoms with Crippen LogP contribution in [0.3, 0.4) is 0 Å². The second-order valence-electron chi connectivity index (χ2n) is 10.9. The van der Waals surface area contributed by atoms with Gasteiger partial charge in [0.2, 0.25) is 5.82 Å². The van der Waals surface area contributed by atoms with E-state index in [1.54, 1.807) is 0 Å². The van der Waals surface area contributed by atoms with Crippen LogP contribution in [-0.2, 0) is 6.11 Å². The highest BCUT2D eigenvalue weighted by molar-refractivity contribution is 5.34. The van der Waals surface area contributed by atoms with Gasteiger partial charge in [-0.25, -0.2) is 17.6 Å². The standard InChI is InChI=1S/C27H29F7O2.C3H8.CH4O/c1-15-2-6-17(7-3-15)18-8-4-16(5-9-18)14-35-23-11-10-20(24(30)26(23)32)27(33,34)36-19-12-21(28)25(31)22(29)13-19;1-3-2;1-2/h10-13,15-18H,2-9,14H2,1H3;3H2,1-2H3;2H,1H3. The smallest absolute Gasteiger partial charge is 0.429 e. The second-order valence-corrected chi connectivity index (χ2v) is 10.9. The highest BCUT2D eigenvalue weighted by Crippen LogP contribution is 2.42. The van der Waals surface area contributed by atoms with Gasteiger partial charge in [0.05, 0.1) is 6.61 Å². The van der Waals surface area contributed by atoms with Crippen molar-refractivity contribution in [3.63, 3.8) is 0 Å². The van der Waals surface area contributed by atoms with Crippen LogP contribution < -0.4 is 9.47 Å². The summed E-state index contributed by atoms with van der Waals surface area (Å²) in [6, 6.07) is 1.82. The molecule has 3 nitrogen and oxygen atoms in total. The van der Waals surface area contributed by atoms with Gasteiger partial charge in [-0.2, -0.15) is 13.2 Å². The first-order valence-corrected chi connectivity index (χ1v) is 14.2. The molecule has 2 saturated carbocycles. The van der Waals surface area contributed by atoms with Crippen molar-refractivity contribution in [2.45, 2.75) is 84.7 Å². The fourth-order valence-electron chi connectivity index (χ4n) is 5.45. The van der Waals surface area contributed by atoms with E-state index in [2.05, 4.69) is 25.5 Å². The van der Waals surface area contributed by atoms with Crippen molar-refractivity contribution in [3.8, 4) is 11.5 Å². The molecule has 2 aliphatic carbocycles. The lowest BCUT2D eigenvalue weighted by molar-refractivity contribution is -0.188. The Kier molecular flexibility index (Phi) is 13.7. The molecule has 0 saturated heterocycles. The van der Waals surface area contributed by atoms with Crippen LogP contribution in [0.4, 0.5) is 30.7 Å². The summed E-state index contributed by atoms with van der Waals surface area (Å²) in [5.74, 6) is -8.11. The molecule has 0 atom stereocenters. The molecule has 232 valence electrons. The number of hydrogen-bond acceptors (Lipinski definition) is 3. The first kappa shape index (κ1) is 34.7. The van der Waals surface area contributed by atoms with Crippen LogP contribution in [0.1, 0.15) is 84.1 Å². The van der Waals surface area contributed by atoms with Gasteiger partial charge in [0, 0.05) is 19.2 Å². The van der Waals surface area contributed by atoms with Gasteiger partial charge in [0.25, 0.3) is 0 Å². The third-order valence-corrected chi connectivity index (χ3v) is 7.66. The number of aliphatic hydroxyl groups is 1. The summed E-state index contributed by atoms with van der Waals surface area (Å²) in [7, 11) is 1.00. The Bertz CT molecular complexity index is 1060. The molecule has 2 aromatic carbocycles. The average molecular weight is 595 g/mol. The van der Waals surface area contributed by atoms with E-state index in [1.807, 2.05) is 0 Å². The van der Waals surface area contributed by atoms with E-state index < -0.39 is 52.3 Å². The molecule has 2 aliphatic rings. The Balaban J connectivity index is 0.00000110. The van der Waals surface area contributed by atoms with Gasteiger partial charge in [-0.05, 0) is 74.3 Å². The number of halogens is 7. The minimum atomic E-state index is -4.49. The molecule has 0 amide bonds. The summed E-state index contributed by atoms with van der Waals surface area (Å²) in [5.41, 5.74) is -1.49. The van der Waals surface area contributed by atoms with E-state index in [4.69, 9.17) is 9.84 Å². The van der Waals surface area contributed by atoms with Crippen LogP contribution in [-0.4, -0.2) is 18.8 Å². The quantitative estimate of drug-likeness (QED) is 0.256. The first-order valence-electron chi connectivity index (χ1n) is 14.2. The maximum absolute atomic E-state index is 14.5. The van der Waals surface area contributed by atoms with Crippen LogP contribution in [0, 0.1) is 52.8 Å². The maximum atomic E-state index is 14.5. The van der Waals surface area contributed by atoms with Crippen LogP contribution in [0.5, 0.6) is 11.5 Å². The number of hydrogen-bond donors (Lipinski definition) is 1. The van der Waals surface area contributed by atoms with Crippen molar-refractivity contribution in [2.75, 3.05) is 13.7 Å². The minimum Gasteiger partial charge on any atom is -0.490 e. The molecule has 0 unspecified atom stereocenters. The van der Waals surface area contributed by atoms with Gasteiger partial charge >= 0.3 is 6.11 Å². The predicted octanol–water partition coefficient (Wildman–Crippen LogP) is 9.55. The number of ether oxygens (including phenoxy) is 2. The van der Waals surface area contributed by atoms with Crippen molar-refractivity contribution in [2.24, 2.45) is 23.7 Å². The Morgan fingerprint density at radius 3 is 1.76 bits per heavy atom. The van der Waals surface area contributed by atoms with Crippen molar-refractivity contribution < 1.29 is 45.3 Å².